The van der Waals surface area contributed by atoms with E-state index in [9.17, 15) is 18.0 Å². The average molecular weight is 395 g/mol. The van der Waals surface area contributed by atoms with E-state index >= 15 is 0 Å². The van der Waals surface area contributed by atoms with Crippen molar-refractivity contribution >= 4 is 22.1 Å². The summed E-state index contributed by atoms with van der Waals surface area (Å²) in [6, 6.07) is 7.70. The van der Waals surface area contributed by atoms with Crippen LogP contribution in [0.25, 0.3) is 0 Å². The minimum atomic E-state index is -3.61. The molecular formula is C17H17NO8S. The molecule has 2 N–H and O–H groups in total. The smallest absolute Gasteiger partial charge is 0.338 e. The van der Waals surface area contributed by atoms with Gasteiger partial charge in [-0.25, -0.2) is 9.59 Å². The zero-order valence-electron chi connectivity index (χ0n) is 14.2. The number of aromatic carboxylic acids is 2. The molecule has 0 spiro atoms. The third-order valence-electron chi connectivity index (χ3n) is 3.40. The van der Waals surface area contributed by atoms with E-state index in [1.165, 1.54) is 6.20 Å². The van der Waals surface area contributed by atoms with Gasteiger partial charge in [0.1, 0.15) is 6.10 Å². The van der Waals surface area contributed by atoms with E-state index in [2.05, 4.69) is 4.98 Å². The highest BCUT2D eigenvalue weighted by Crippen LogP contribution is 2.16. The maximum Gasteiger partial charge on any atom is 0.338 e. The lowest BCUT2D eigenvalue weighted by atomic mass is 10.1. The quantitative estimate of drug-likeness (QED) is 0.550. The van der Waals surface area contributed by atoms with E-state index in [1.807, 2.05) is 6.92 Å². The van der Waals surface area contributed by atoms with Gasteiger partial charge in [0.25, 0.3) is 10.1 Å². The summed E-state index contributed by atoms with van der Waals surface area (Å²) >= 11 is 0. The topological polar surface area (TPSA) is 143 Å². The van der Waals surface area contributed by atoms with E-state index in [1.54, 1.807) is 24.3 Å². The van der Waals surface area contributed by atoms with Crippen molar-refractivity contribution in [3.05, 3.63) is 59.4 Å². The second-order valence-corrected chi connectivity index (χ2v) is 7.15. The Morgan fingerprint density at radius 1 is 1.15 bits per heavy atom. The number of hydrogen-bond donors (Lipinski definition) is 2. The largest absolute Gasteiger partial charge is 0.478 e. The number of epoxide rings is 1. The Kier molecular flexibility index (Phi) is 6.61. The average Bonchev–Trinajstić information content (AvgIpc) is 3.45. The summed E-state index contributed by atoms with van der Waals surface area (Å²) in [6.45, 7) is 2.59. The van der Waals surface area contributed by atoms with Crippen molar-refractivity contribution < 1.29 is 37.1 Å². The maximum absolute atomic E-state index is 11.6. The second-order valence-electron chi connectivity index (χ2n) is 5.54. The van der Waals surface area contributed by atoms with Crippen molar-refractivity contribution in [2.75, 3.05) is 13.2 Å². The van der Waals surface area contributed by atoms with Crippen molar-refractivity contribution in [2.45, 2.75) is 17.9 Å². The monoisotopic (exact) mass is 395 g/mol. The van der Waals surface area contributed by atoms with Gasteiger partial charge < -0.3 is 14.9 Å². The van der Waals surface area contributed by atoms with Gasteiger partial charge in [0.15, 0.2) is 0 Å². The van der Waals surface area contributed by atoms with E-state index in [4.69, 9.17) is 19.1 Å². The molecule has 2 heterocycles. The molecule has 0 aliphatic carbocycles. The molecule has 9 nitrogen and oxygen atoms in total. The third-order valence-corrected chi connectivity index (χ3v) is 4.70. The van der Waals surface area contributed by atoms with Gasteiger partial charge in [-0.3, -0.25) is 9.17 Å². The van der Waals surface area contributed by atoms with Gasteiger partial charge in [0.05, 0.1) is 29.2 Å². The summed E-state index contributed by atoms with van der Waals surface area (Å²) < 4.78 is 32.9. The van der Waals surface area contributed by atoms with Crippen LogP contribution in [-0.4, -0.2) is 54.9 Å². The first-order valence-corrected chi connectivity index (χ1v) is 9.10. The first kappa shape index (κ1) is 20.5. The van der Waals surface area contributed by atoms with Gasteiger partial charge in [-0.2, -0.15) is 8.42 Å². The molecular weight excluding hydrogens is 378 g/mol. The standard InChI is InChI=1S/C10H12O4S.C7H5NO4/c1-8-2-4-10(5-3-8)15(11,12)14-7-9-6-13-9;9-6(10)4-1-2-8-3-5(4)7(11)12/h2-5,9H,6-7H2,1H3;1-3H,(H,9,10)(H,11,12)/t9-;/m1./s1. The Morgan fingerprint density at radius 3 is 2.22 bits per heavy atom. The van der Waals surface area contributed by atoms with Gasteiger partial charge in [-0.05, 0) is 25.1 Å². The van der Waals surface area contributed by atoms with Crippen molar-refractivity contribution in [1.29, 1.82) is 0 Å². The summed E-state index contributed by atoms with van der Waals surface area (Å²) in [5.74, 6) is -2.56. The molecule has 0 unspecified atom stereocenters. The number of benzene rings is 1. The molecule has 1 aromatic heterocycles. The van der Waals surface area contributed by atoms with Crippen molar-refractivity contribution in [3.8, 4) is 0 Å². The molecule has 0 amide bonds. The van der Waals surface area contributed by atoms with Gasteiger partial charge in [0.2, 0.25) is 0 Å². The summed E-state index contributed by atoms with van der Waals surface area (Å²) in [5.41, 5.74) is 0.460. The molecule has 1 atom stereocenters. The number of carboxylic acid groups (broad SMARTS) is 2. The van der Waals surface area contributed by atoms with Gasteiger partial charge in [-0.15, -0.1) is 0 Å². The van der Waals surface area contributed by atoms with Crippen LogP contribution in [0.15, 0.2) is 47.6 Å². The van der Waals surface area contributed by atoms with Crippen LogP contribution < -0.4 is 0 Å². The van der Waals surface area contributed by atoms with Crippen LogP contribution in [0, 0.1) is 6.92 Å². The fraction of sp³-hybridized carbons (Fsp3) is 0.235. The van der Waals surface area contributed by atoms with Gasteiger partial charge >= 0.3 is 11.9 Å². The molecule has 1 fully saturated rings. The van der Waals surface area contributed by atoms with Crippen LogP contribution in [0.4, 0.5) is 0 Å². The number of nitrogens with zero attached hydrogens (tertiary/aromatic N) is 1. The molecule has 10 heteroatoms. The Labute approximate surface area is 155 Å². The lowest BCUT2D eigenvalue weighted by Gasteiger charge is -2.03. The zero-order valence-corrected chi connectivity index (χ0v) is 15.0. The van der Waals surface area contributed by atoms with Crippen molar-refractivity contribution in [3.63, 3.8) is 0 Å². The predicted octanol–water partition coefficient (Wildman–Crippen LogP) is 1.58. The Morgan fingerprint density at radius 2 is 1.74 bits per heavy atom. The summed E-state index contributed by atoms with van der Waals surface area (Å²) in [4.78, 5) is 24.6. The molecule has 1 aromatic carbocycles. The van der Waals surface area contributed by atoms with E-state index < -0.39 is 22.1 Å². The zero-order chi connectivity index (χ0) is 20.0. The molecule has 27 heavy (non-hydrogen) atoms. The summed E-state index contributed by atoms with van der Waals surface area (Å²) in [5, 5.41) is 17.0. The summed E-state index contributed by atoms with van der Waals surface area (Å²) in [7, 11) is -3.61. The molecule has 0 bridgehead atoms. The van der Waals surface area contributed by atoms with Crippen LogP contribution in [0.5, 0.6) is 0 Å². The Bertz CT molecular complexity index is 887. The highest BCUT2D eigenvalue weighted by molar-refractivity contribution is 7.86. The molecule has 0 saturated carbocycles. The summed E-state index contributed by atoms with van der Waals surface area (Å²) in [6.07, 6.45) is 2.19. The van der Waals surface area contributed by atoms with E-state index in [0.29, 0.717) is 6.61 Å². The van der Waals surface area contributed by atoms with E-state index in [0.717, 1.165) is 17.8 Å². The highest BCUT2D eigenvalue weighted by Gasteiger charge is 2.26. The number of aromatic nitrogens is 1. The molecule has 3 rings (SSSR count). The minimum Gasteiger partial charge on any atom is -0.478 e. The fourth-order valence-corrected chi connectivity index (χ4v) is 2.79. The highest BCUT2D eigenvalue weighted by atomic mass is 32.2. The van der Waals surface area contributed by atoms with Gasteiger partial charge in [-0.1, -0.05) is 17.7 Å². The number of carbonyl (C=O) groups is 2. The number of hydrogen-bond acceptors (Lipinski definition) is 7. The lowest BCUT2D eigenvalue weighted by Crippen LogP contribution is -2.10. The molecule has 144 valence electrons. The first-order chi connectivity index (χ1) is 12.7. The third kappa shape index (κ3) is 6.13. The number of carboxylic acids is 2. The Balaban J connectivity index is 0.000000199. The van der Waals surface area contributed by atoms with Crippen LogP contribution >= 0.6 is 0 Å². The van der Waals surface area contributed by atoms with Crippen LogP contribution in [-0.2, 0) is 19.0 Å². The van der Waals surface area contributed by atoms with Crippen molar-refractivity contribution in [2.24, 2.45) is 0 Å². The Hall–Kier alpha value is -2.82. The first-order valence-electron chi connectivity index (χ1n) is 7.69. The maximum atomic E-state index is 11.6. The lowest BCUT2D eigenvalue weighted by molar-refractivity contribution is 0.0651. The molecule has 1 aliphatic rings. The SMILES string of the molecule is Cc1ccc(S(=O)(=O)OC[C@H]2CO2)cc1.O=C(O)c1ccncc1C(=O)O. The molecule has 0 radical (unpaired) electrons. The molecule has 1 aliphatic heterocycles. The normalized spacial score (nSPS) is 15.4. The predicted molar refractivity (Wildman–Crippen MR) is 92.2 cm³/mol. The van der Waals surface area contributed by atoms with Crippen molar-refractivity contribution in [1.82, 2.24) is 4.98 Å². The number of rotatable bonds is 6. The van der Waals surface area contributed by atoms with E-state index in [-0.39, 0.29) is 28.7 Å². The number of ether oxygens (including phenoxy) is 1. The second kappa shape index (κ2) is 8.71. The molecule has 1 saturated heterocycles. The van der Waals surface area contributed by atoms with Gasteiger partial charge in [0, 0.05) is 12.4 Å². The number of aryl methyl sites for hydroxylation is 1. The fourth-order valence-electron chi connectivity index (χ4n) is 1.85. The number of pyridine rings is 1. The van der Waals surface area contributed by atoms with Crippen LogP contribution in [0.1, 0.15) is 26.3 Å². The minimum absolute atomic E-state index is 0.0507. The molecule has 2 aromatic rings. The van der Waals surface area contributed by atoms with Crippen LogP contribution in [0.3, 0.4) is 0 Å². The van der Waals surface area contributed by atoms with Crippen LogP contribution in [0.2, 0.25) is 0 Å².